The molecule has 3 aromatic rings. The van der Waals surface area contributed by atoms with Crippen molar-refractivity contribution in [2.45, 2.75) is 11.8 Å². The molecule has 0 unspecified atom stereocenters. The lowest BCUT2D eigenvalue weighted by Gasteiger charge is -2.08. The average Bonchev–Trinajstić information content (AvgIpc) is 3.02. The lowest BCUT2D eigenvalue weighted by Crippen LogP contribution is -2.12. The van der Waals surface area contributed by atoms with Gasteiger partial charge in [0.05, 0.1) is 29.7 Å². The molecule has 0 aliphatic carbocycles. The minimum Gasteiger partial charge on any atom is -0.497 e. The van der Waals surface area contributed by atoms with Crippen molar-refractivity contribution >= 4 is 26.9 Å². The molecule has 0 bridgehead atoms. The van der Waals surface area contributed by atoms with Gasteiger partial charge in [-0.05, 0) is 31.2 Å². The Morgan fingerprint density at radius 2 is 1.84 bits per heavy atom. The lowest BCUT2D eigenvalue weighted by atomic mass is 10.2. The molecule has 1 aromatic heterocycles. The van der Waals surface area contributed by atoms with Gasteiger partial charge in [0.25, 0.3) is 10.0 Å². The molecule has 130 valence electrons. The molecule has 3 rings (SSSR count). The van der Waals surface area contributed by atoms with E-state index in [2.05, 4.69) is 0 Å². The fourth-order valence-electron chi connectivity index (χ4n) is 2.58. The highest BCUT2D eigenvalue weighted by Gasteiger charge is 2.24. The summed E-state index contributed by atoms with van der Waals surface area (Å²) in [6.45, 7) is 1.90. The van der Waals surface area contributed by atoms with Gasteiger partial charge < -0.3 is 9.47 Å². The summed E-state index contributed by atoms with van der Waals surface area (Å²) in [5.74, 6) is -0.0785. The zero-order valence-corrected chi connectivity index (χ0v) is 14.6. The molecule has 25 heavy (non-hydrogen) atoms. The van der Waals surface area contributed by atoms with E-state index in [9.17, 15) is 13.2 Å². The van der Waals surface area contributed by atoms with E-state index in [1.807, 2.05) is 0 Å². The second kappa shape index (κ2) is 6.60. The van der Waals surface area contributed by atoms with Crippen molar-refractivity contribution < 1.29 is 22.7 Å². The van der Waals surface area contributed by atoms with Crippen molar-refractivity contribution in [3.05, 3.63) is 60.3 Å². The Kier molecular flexibility index (Phi) is 4.50. The van der Waals surface area contributed by atoms with E-state index in [1.54, 1.807) is 43.3 Å². The Morgan fingerprint density at radius 3 is 2.48 bits per heavy atom. The molecule has 1 heterocycles. The molecule has 7 heteroatoms. The third-order valence-electron chi connectivity index (χ3n) is 3.77. The highest BCUT2D eigenvalue weighted by Crippen LogP contribution is 2.29. The van der Waals surface area contributed by atoms with Crippen molar-refractivity contribution in [2.75, 3.05) is 13.7 Å². The van der Waals surface area contributed by atoms with Crippen LogP contribution in [0.2, 0.25) is 0 Å². The van der Waals surface area contributed by atoms with Gasteiger partial charge in [-0.2, -0.15) is 0 Å². The molecule has 2 aromatic carbocycles. The first-order valence-corrected chi connectivity index (χ1v) is 9.10. The monoisotopic (exact) mass is 359 g/mol. The number of methoxy groups -OCH3 is 1. The summed E-state index contributed by atoms with van der Waals surface area (Å²) in [5, 5.41) is 0.485. The van der Waals surface area contributed by atoms with Gasteiger partial charge in [0.15, 0.2) is 0 Å². The molecule has 0 radical (unpaired) electrons. The molecule has 0 saturated heterocycles. The number of hydrogen-bond acceptors (Lipinski definition) is 5. The maximum absolute atomic E-state index is 13.0. The van der Waals surface area contributed by atoms with Crippen LogP contribution in [0, 0.1) is 0 Å². The SMILES string of the molecule is CCOC(=O)c1cn(S(=O)(=O)c2ccccc2)c2cc(OC)ccc12. The molecule has 0 aliphatic rings. The number of esters is 1. The minimum absolute atomic E-state index is 0.130. The van der Waals surface area contributed by atoms with E-state index in [0.29, 0.717) is 16.7 Å². The van der Waals surface area contributed by atoms with Crippen LogP contribution in [0.4, 0.5) is 0 Å². The maximum atomic E-state index is 13.0. The Hall–Kier alpha value is -2.80. The zero-order chi connectivity index (χ0) is 18.0. The molecule has 0 amide bonds. The Bertz CT molecular complexity index is 1020. The lowest BCUT2D eigenvalue weighted by molar-refractivity contribution is 0.0528. The average molecular weight is 359 g/mol. The first kappa shape index (κ1) is 17.0. The second-order valence-corrected chi connectivity index (χ2v) is 7.08. The van der Waals surface area contributed by atoms with E-state index in [4.69, 9.17) is 9.47 Å². The molecule has 0 saturated carbocycles. The van der Waals surface area contributed by atoms with Gasteiger partial charge in [-0.25, -0.2) is 17.2 Å². The Morgan fingerprint density at radius 1 is 1.12 bits per heavy atom. The van der Waals surface area contributed by atoms with Crippen molar-refractivity contribution in [1.82, 2.24) is 3.97 Å². The van der Waals surface area contributed by atoms with Gasteiger partial charge in [-0.3, -0.25) is 0 Å². The maximum Gasteiger partial charge on any atom is 0.340 e. The summed E-state index contributed by atoms with van der Waals surface area (Å²) >= 11 is 0. The number of carbonyl (C=O) groups is 1. The van der Waals surface area contributed by atoms with Crippen molar-refractivity contribution in [1.29, 1.82) is 0 Å². The number of aromatic nitrogens is 1. The summed E-state index contributed by atoms with van der Waals surface area (Å²) in [6.07, 6.45) is 1.30. The summed E-state index contributed by atoms with van der Waals surface area (Å²) in [5.41, 5.74) is 0.547. The smallest absolute Gasteiger partial charge is 0.340 e. The van der Waals surface area contributed by atoms with Gasteiger partial charge in [0.1, 0.15) is 5.75 Å². The zero-order valence-electron chi connectivity index (χ0n) is 13.8. The van der Waals surface area contributed by atoms with Gasteiger partial charge in [0.2, 0.25) is 0 Å². The standard InChI is InChI=1S/C18H17NO5S/c1-3-24-18(20)16-12-19(17-11-13(23-2)9-10-15(16)17)25(21,22)14-7-5-4-6-8-14/h4-12H,3H2,1-2H3. The summed E-state index contributed by atoms with van der Waals surface area (Å²) < 4.78 is 37.3. The van der Waals surface area contributed by atoms with E-state index in [1.165, 1.54) is 25.4 Å². The van der Waals surface area contributed by atoms with Crippen LogP contribution in [0.1, 0.15) is 17.3 Å². The van der Waals surface area contributed by atoms with Gasteiger partial charge in [-0.1, -0.05) is 18.2 Å². The predicted octanol–water partition coefficient (Wildman–Crippen LogP) is 3.06. The van der Waals surface area contributed by atoms with Crippen LogP contribution < -0.4 is 4.74 Å². The number of nitrogens with zero attached hydrogens (tertiary/aromatic N) is 1. The van der Waals surface area contributed by atoms with Crippen LogP contribution in [0.25, 0.3) is 10.9 Å². The predicted molar refractivity (Wildman–Crippen MR) is 93.5 cm³/mol. The summed E-state index contributed by atoms with van der Waals surface area (Å²) in [4.78, 5) is 12.4. The first-order valence-electron chi connectivity index (χ1n) is 7.66. The summed E-state index contributed by atoms with van der Waals surface area (Å²) in [6, 6.07) is 12.9. The van der Waals surface area contributed by atoms with Crippen molar-refractivity contribution in [2.24, 2.45) is 0 Å². The van der Waals surface area contributed by atoms with Crippen LogP contribution in [-0.2, 0) is 14.8 Å². The van der Waals surface area contributed by atoms with Crippen LogP contribution >= 0.6 is 0 Å². The molecular weight excluding hydrogens is 342 g/mol. The number of rotatable bonds is 5. The number of hydrogen-bond donors (Lipinski definition) is 0. The molecule has 0 fully saturated rings. The van der Waals surface area contributed by atoms with Crippen LogP contribution in [0.3, 0.4) is 0 Å². The Labute approximate surface area is 145 Å². The molecule has 6 nitrogen and oxygen atoms in total. The van der Waals surface area contributed by atoms with E-state index in [0.717, 1.165) is 3.97 Å². The fraction of sp³-hybridized carbons (Fsp3) is 0.167. The number of benzene rings is 2. The number of ether oxygens (including phenoxy) is 2. The molecule has 0 aliphatic heterocycles. The molecule has 0 atom stereocenters. The highest BCUT2D eigenvalue weighted by atomic mass is 32.2. The van der Waals surface area contributed by atoms with Crippen molar-refractivity contribution in [3.63, 3.8) is 0 Å². The normalized spacial score (nSPS) is 11.4. The number of fused-ring (bicyclic) bond motifs is 1. The van der Waals surface area contributed by atoms with E-state index in [-0.39, 0.29) is 17.1 Å². The van der Waals surface area contributed by atoms with Crippen molar-refractivity contribution in [3.8, 4) is 5.75 Å². The topological polar surface area (TPSA) is 74.6 Å². The largest absolute Gasteiger partial charge is 0.497 e. The Balaban J connectivity index is 2.29. The van der Waals surface area contributed by atoms with Crippen LogP contribution in [-0.4, -0.2) is 32.1 Å². The van der Waals surface area contributed by atoms with E-state index < -0.39 is 16.0 Å². The van der Waals surface area contributed by atoms with E-state index >= 15 is 0 Å². The molecular formula is C18H17NO5S. The third kappa shape index (κ3) is 2.98. The van der Waals surface area contributed by atoms with Gasteiger partial charge in [0, 0.05) is 17.6 Å². The minimum atomic E-state index is -3.86. The third-order valence-corrected chi connectivity index (χ3v) is 5.46. The number of carbonyl (C=O) groups excluding carboxylic acids is 1. The fourth-order valence-corrected chi connectivity index (χ4v) is 3.96. The van der Waals surface area contributed by atoms with Crippen LogP contribution in [0.15, 0.2) is 59.6 Å². The summed E-state index contributed by atoms with van der Waals surface area (Å²) in [7, 11) is -2.37. The first-order chi connectivity index (χ1) is 12.0. The molecule has 0 spiro atoms. The second-order valence-electron chi connectivity index (χ2n) is 5.26. The van der Waals surface area contributed by atoms with Gasteiger partial charge in [-0.15, -0.1) is 0 Å². The molecule has 0 N–H and O–H groups in total. The van der Waals surface area contributed by atoms with Gasteiger partial charge >= 0.3 is 5.97 Å². The highest BCUT2D eigenvalue weighted by molar-refractivity contribution is 7.90. The van der Waals surface area contributed by atoms with Crippen LogP contribution in [0.5, 0.6) is 5.75 Å². The quantitative estimate of drug-likeness (QED) is 0.655.